The molecule has 18 heavy (non-hydrogen) atoms. The molecule has 0 spiro atoms. The molecule has 1 aliphatic carbocycles. The number of nitrogens with two attached hydrogens (primary N) is 1. The summed E-state index contributed by atoms with van der Waals surface area (Å²) in [6.07, 6.45) is 8.02. The predicted octanol–water partition coefficient (Wildman–Crippen LogP) is 2.32. The first kappa shape index (κ1) is 12.9. The molecular formula is C14H21N3O. The van der Waals surface area contributed by atoms with Gasteiger partial charge in [-0.05, 0) is 30.9 Å². The summed E-state index contributed by atoms with van der Waals surface area (Å²) in [5, 5.41) is 0. The highest BCUT2D eigenvalue weighted by Crippen LogP contribution is 2.24. The first-order valence-corrected chi connectivity index (χ1v) is 6.64. The fourth-order valence-corrected chi connectivity index (χ4v) is 2.64. The molecule has 1 amide bonds. The normalized spacial score (nSPS) is 16.5. The number of anilines is 1. The average Bonchev–Trinajstić information content (AvgIpc) is 2.39. The third kappa shape index (κ3) is 3.22. The fraction of sp³-hybridized carbons (Fsp3) is 0.571. The maximum absolute atomic E-state index is 12.2. The Balaban J connectivity index is 1.95. The van der Waals surface area contributed by atoms with Crippen molar-refractivity contribution in [2.24, 2.45) is 5.92 Å². The third-order valence-electron chi connectivity index (χ3n) is 3.63. The Morgan fingerprint density at radius 3 is 2.83 bits per heavy atom. The number of nitrogen functional groups attached to an aromatic ring is 1. The van der Waals surface area contributed by atoms with Crippen molar-refractivity contribution >= 4 is 11.7 Å². The molecular weight excluding hydrogens is 226 g/mol. The molecule has 2 rings (SSSR count). The van der Waals surface area contributed by atoms with Gasteiger partial charge in [0.2, 0.25) is 0 Å². The van der Waals surface area contributed by atoms with E-state index < -0.39 is 0 Å². The third-order valence-corrected chi connectivity index (χ3v) is 3.63. The zero-order chi connectivity index (χ0) is 13.0. The second-order valence-electron chi connectivity index (χ2n) is 5.16. The minimum Gasteiger partial charge on any atom is -0.384 e. The summed E-state index contributed by atoms with van der Waals surface area (Å²) < 4.78 is 0. The summed E-state index contributed by atoms with van der Waals surface area (Å²) in [6, 6.07) is 3.36. The summed E-state index contributed by atoms with van der Waals surface area (Å²) in [4.78, 5) is 17.9. The van der Waals surface area contributed by atoms with Gasteiger partial charge in [0.1, 0.15) is 5.82 Å². The van der Waals surface area contributed by atoms with Crippen LogP contribution in [0.2, 0.25) is 0 Å². The molecule has 98 valence electrons. The predicted molar refractivity (Wildman–Crippen MR) is 72.2 cm³/mol. The second-order valence-corrected chi connectivity index (χ2v) is 5.16. The Hall–Kier alpha value is -1.58. The first-order valence-electron chi connectivity index (χ1n) is 6.64. The lowest BCUT2D eigenvalue weighted by atomic mass is 9.89. The highest BCUT2D eigenvalue weighted by Gasteiger charge is 2.19. The Bertz CT molecular complexity index is 413. The molecule has 4 nitrogen and oxygen atoms in total. The van der Waals surface area contributed by atoms with Crippen LogP contribution in [0.15, 0.2) is 18.3 Å². The van der Waals surface area contributed by atoms with Gasteiger partial charge in [-0.15, -0.1) is 0 Å². The van der Waals surface area contributed by atoms with E-state index in [4.69, 9.17) is 5.73 Å². The van der Waals surface area contributed by atoms with Crippen molar-refractivity contribution in [3.05, 3.63) is 23.9 Å². The summed E-state index contributed by atoms with van der Waals surface area (Å²) in [5.41, 5.74) is 6.22. The SMILES string of the molecule is CN(CC1CCCCC1)C(=O)c1ccnc(N)c1. The van der Waals surface area contributed by atoms with E-state index in [1.807, 2.05) is 11.9 Å². The van der Waals surface area contributed by atoms with Gasteiger partial charge in [-0.1, -0.05) is 19.3 Å². The molecule has 0 aromatic carbocycles. The number of rotatable bonds is 3. The topological polar surface area (TPSA) is 59.2 Å². The number of carbonyl (C=O) groups is 1. The average molecular weight is 247 g/mol. The van der Waals surface area contributed by atoms with Crippen LogP contribution in [0.25, 0.3) is 0 Å². The van der Waals surface area contributed by atoms with Gasteiger partial charge >= 0.3 is 0 Å². The van der Waals surface area contributed by atoms with E-state index in [0.29, 0.717) is 17.3 Å². The maximum atomic E-state index is 12.2. The highest BCUT2D eigenvalue weighted by molar-refractivity contribution is 5.94. The molecule has 0 bridgehead atoms. The van der Waals surface area contributed by atoms with Crippen LogP contribution in [0.5, 0.6) is 0 Å². The van der Waals surface area contributed by atoms with Crippen LogP contribution in [-0.2, 0) is 0 Å². The largest absolute Gasteiger partial charge is 0.384 e. The Morgan fingerprint density at radius 1 is 1.44 bits per heavy atom. The van der Waals surface area contributed by atoms with E-state index in [0.717, 1.165) is 6.54 Å². The summed E-state index contributed by atoms with van der Waals surface area (Å²) >= 11 is 0. The van der Waals surface area contributed by atoms with Crippen molar-refractivity contribution in [3.8, 4) is 0 Å². The van der Waals surface area contributed by atoms with Gasteiger partial charge in [0.25, 0.3) is 5.91 Å². The minimum atomic E-state index is 0.0367. The van der Waals surface area contributed by atoms with Gasteiger partial charge in [-0.2, -0.15) is 0 Å². The van der Waals surface area contributed by atoms with E-state index in [1.165, 1.54) is 32.1 Å². The molecule has 1 aromatic heterocycles. The number of pyridine rings is 1. The molecule has 1 saturated carbocycles. The standard InChI is InChI=1S/C14H21N3O/c1-17(10-11-5-3-2-4-6-11)14(18)12-7-8-16-13(15)9-12/h7-9,11H,2-6,10H2,1H3,(H2,15,16). The zero-order valence-corrected chi connectivity index (χ0v) is 10.9. The van der Waals surface area contributed by atoms with Crippen molar-refractivity contribution < 1.29 is 4.79 Å². The summed E-state index contributed by atoms with van der Waals surface area (Å²) in [6.45, 7) is 0.848. The van der Waals surface area contributed by atoms with Crippen molar-refractivity contribution in [3.63, 3.8) is 0 Å². The lowest BCUT2D eigenvalue weighted by molar-refractivity contribution is 0.0760. The van der Waals surface area contributed by atoms with E-state index in [-0.39, 0.29) is 5.91 Å². The van der Waals surface area contributed by atoms with Crippen molar-refractivity contribution in [1.29, 1.82) is 0 Å². The number of aromatic nitrogens is 1. The molecule has 1 aliphatic rings. The van der Waals surface area contributed by atoms with Gasteiger partial charge in [0, 0.05) is 25.4 Å². The lowest BCUT2D eigenvalue weighted by Crippen LogP contribution is -2.32. The van der Waals surface area contributed by atoms with Crippen molar-refractivity contribution in [2.75, 3.05) is 19.3 Å². The Kier molecular flexibility index (Phi) is 4.18. The molecule has 1 aromatic rings. The van der Waals surface area contributed by atoms with E-state index in [2.05, 4.69) is 4.98 Å². The van der Waals surface area contributed by atoms with Crippen LogP contribution in [0.1, 0.15) is 42.5 Å². The number of hydrogen-bond donors (Lipinski definition) is 1. The van der Waals surface area contributed by atoms with Gasteiger partial charge in [-0.3, -0.25) is 4.79 Å². The molecule has 0 atom stereocenters. The minimum absolute atomic E-state index is 0.0367. The van der Waals surface area contributed by atoms with Gasteiger partial charge < -0.3 is 10.6 Å². The molecule has 0 saturated heterocycles. The molecule has 2 N–H and O–H groups in total. The van der Waals surface area contributed by atoms with Gasteiger partial charge in [0.05, 0.1) is 0 Å². The number of nitrogens with zero attached hydrogens (tertiary/aromatic N) is 2. The zero-order valence-electron chi connectivity index (χ0n) is 10.9. The summed E-state index contributed by atoms with van der Waals surface area (Å²) in [7, 11) is 1.87. The smallest absolute Gasteiger partial charge is 0.253 e. The van der Waals surface area contributed by atoms with Crippen molar-refractivity contribution in [2.45, 2.75) is 32.1 Å². The van der Waals surface area contributed by atoms with Crippen LogP contribution in [0.3, 0.4) is 0 Å². The van der Waals surface area contributed by atoms with Crippen LogP contribution in [0.4, 0.5) is 5.82 Å². The Morgan fingerprint density at radius 2 is 2.17 bits per heavy atom. The molecule has 0 unspecified atom stereocenters. The summed E-state index contributed by atoms with van der Waals surface area (Å²) in [5.74, 6) is 1.09. The molecule has 0 aliphatic heterocycles. The van der Waals surface area contributed by atoms with Gasteiger partial charge in [-0.25, -0.2) is 4.98 Å². The monoisotopic (exact) mass is 247 g/mol. The van der Waals surface area contributed by atoms with Crippen LogP contribution in [-0.4, -0.2) is 29.4 Å². The number of amides is 1. The van der Waals surface area contributed by atoms with E-state index in [9.17, 15) is 4.79 Å². The fourth-order valence-electron chi connectivity index (χ4n) is 2.64. The molecule has 0 radical (unpaired) electrons. The first-order chi connectivity index (χ1) is 8.66. The van der Waals surface area contributed by atoms with E-state index >= 15 is 0 Å². The van der Waals surface area contributed by atoms with E-state index in [1.54, 1.807) is 18.3 Å². The van der Waals surface area contributed by atoms with Crippen molar-refractivity contribution in [1.82, 2.24) is 9.88 Å². The quantitative estimate of drug-likeness (QED) is 0.891. The van der Waals surface area contributed by atoms with Crippen LogP contribution in [0, 0.1) is 5.92 Å². The molecule has 4 heteroatoms. The maximum Gasteiger partial charge on any atom is 0.253 e. The Labute approximate surface area is 108 Å². The van der Waals surface area contributed by atoms with Crippen LogP contribution >= 0.6 is 0 Å². The van der Waals surface area contributed by atoms with Gasteiger partial charge in [0.15, 0.2) is 0 Å². The van der Waals surface area contributed by atoms with Crippen LogP contribution < -0.4 is 5.73 Å². The number of hydrogen-bond acceptors (Lipinski definition) is 3. The molecule has 1 fully saturated rings. The second kappa shape index (κ2) is 5.85. The number of carbonyl (C=O) groups excluding carboxylic acids is 1. The highest BCUT2D eigenvalue weighted by atomic mass is 16.2. The lowest BCUT2D eigenvalue weighted by Gasteiger charge is -2.27. The molecule has 1 heterocycles.